The molecule has 0 aliphatic heterocycles. The minimum Gasteiger partial charge on any atom is -0.480 e. The van der Waals surface area contributed by atoms with Crippen LogP contribution in [0.1, 0.15) is 17.0 Å². The van der Waals surface area contributed by atoms with Crippen LogP contribution in [0.5, 0.6) is 0 Å². The van der Waals surface area contributed by atoms with E-state index < -0.39 is 12.0 Å². The quantitative estimate of drug-likeness (QED) is 0.862. The van der Waals surface area contributed by atoms with Crippen LogP contribution in [-0.2, 0) is 4.79 Å². The van der Waals surface area contributed by atoms with Gasteiger partial charge in [-0.05, 0) is 11.1 Å². The first kappa shape index (κ1) is 12.3. The zero-order valence-electron chi connectivity index (χ0n) is 9.86. The molecule has 0 fully saturated rings. The summed E-state index contributed by atoms with van der Waals surface area (Å²) in [6.07, 6.45) is 0. The molecule has 3 nitrogen and oxygen atoms in total. The number of rotatable bonds is 4. The molecule has 0 heterocycles. The largest absolute Gasteiger partial charge is 0.480 e. The molecule has 0 unspecified atom stereocenters. The third-order valence-electron chi connectivity index (χ3n) is 2.96. The Kier molecular flexibility index (Phi) is 3.75. The Hall–Kier alpha value is -2.13. The highest BCUT2D eigenvalue weighted by molar-refractivity contribution is 5.75. The van der Waals surface area contributed by atoms with Gasteiger partial charge in [-0.15, -0.1) is 0 Å². The van der Waals surface area contributed by atoms with Crippen LogP contribution in [0.3, 0.4) is 0 Å². The number of carbonyl (C=O) groups is 1. The first-order valence-corrected chi connectivity index (χ1v) is 5.78. The standard InChI is InChI=1S/C15H15NO2/c16-14(15(17)18)13(11-7-3-1-4-8-11)12-9-5-2-6-10-12/h1-10,13-14H,16H2,(H,17,18)/t14-/m1/s1. The average Bonchev–Trinajstić information content (AvgIpc) is 2.41. The van der Waals surface area contributed by atoms with Gasteiger partial charge in [-0.25, -0.2) is 0 Å². The van der Waals surface area contributed by atoms with Gasteiger partial charge in [-0.3, -0.25) is 4.79 Å². The molecular weight excluding hydrogens is 226 g/mol. The lowest BCUT2D eigenvalue weighted by molar-refractivity contribution is -0.138. The van der Waals surface area contributed by atoms with Crippen LogP contribution in [0.25, 0.3) is 0 Å². The first-order chi connectivity index (χ1) is 8.70. The van der Waals surface area contributed by atoms with Crippen molar-refractivity contribution < 1.29 is 9.90 Å². The van der Waals surface area contributed by atoms with E-state index in [2.05, 4.69) is 0 Å². The van der Waals surface area contributed by atoms with Crippen LogP contribution in [0.15, 0.2) is 60.7 Å². The molecule has 18 heavy (non-hydrogen) atoms. The maximum absolute atomic E-state index is 11.2. The van der Waals surface area contributed by atoms with Crippen LogP contribution in [0, 0.1) is 0 Å². The number of hydrogen-bond donors (Lipinski definition) is 2. The minimum atomic E-state index is -0.993. The van der Waals surface area contributed by atoms with Crippen LogP contribution >= 0.6 is 0 Å². The molecule has 2 rings (SSSR count). The number of carboxylic acids is 1. The van der Waals surface area contributed by atoms with Crippen molar-refractivity contribution in [3.63, 3.8) is 0 Å². The van der Waals surface area contributed by atoms with Crippen molar-refractivity contribution in [2.75, 3.05) is 0 Å². The maximum atomic E-state index is 11.2. The molecule has 0 spiro atoms. The maximum Gasteiger partial charge on any atom is 0.321 e. The lowest BCUT2D eigenvalue weighted by Gasteiger charge is -2.21. The number of benzene rings is 2. The van der Waals surface area contributed by atoms with Crippen molar-refractivity contribution in [1.29, 1.82) is 0 Å². The second-order valence-electron chi connectivity index (χ2n) is 4.16. The Morgan fingerprint density at radius 3 is 1.61 bits per heavy atom. The summed E-state index contributed by atoms with van der Waals surface area (Å²) in [6.45, 7) is 0. The van der Waals surface area contributed by atoms with Crippen molar-refractivity contribution in [2.24, 2.45) is 5.73 Å². The van der Waals surface area contributed by atoms with E-state index in [0.717, 1.165) is 11.1 Å². The van der Waals surface area contributed by atoms with E-state index in [1.54, 1.807) is 0 Å². The second kappa shape index (κ2) is 5.47. The van der Waals surface area contributed by atoms with Gasteiger partial charge in [-0.1, -0.05) is 60.7 Å². The minimum absolute atomic E-state index is 0.329. The molecule has 0 aliphatic rings. The Bertz CT molecular complexity index is 471. The molecule has 0 bridgehead atoms. The predicted molar refractivity (Wildman–Crippen MR) is 70.3 cm³/mol. The van der Waals surface area contributed by atoms with Gasteiger partial charge >= 0.3 is 5.97 Å². The predicted octanol–water partition coefficient (Wildman–Crippen LogP) is 2.23. The lowest BCUT2D eigenvalue weighted by atomic mass is 9.85. The number of aliphatic carboxylic acids is 1. The van der Waals surface area contributed by atoms with Crippen molar-refractivity contribution in [3.8, 4) is 0 Å². The molecule has 3 heteroatoms. The first-order valence-electron chi connectivity index (χ1n) is 5.78. The molecule has 92 valence electrons. The Morgan fingerprint density at radius 2 is 1.28 bits per heavy atom. The summed E-state index contributed by atoms with van der Waals surface area (Å²) in [5, 5.41) is 9.15. The second-order valence-corrected chi connectivity index (χ2v) is 4.16. The highest BCUT2D eigenvalue weighted by Gasteiger charge is 2.26. The van der Waals surface area contributed by atoms with Crippen LogP contribution in [0.4, 0.5) is 0 Å². The molecule has 0 amide bonds. The fraction of sp³-hybridized carbons (Fsp3) is 0.133. The van der Waals surface area contributed by atoms with Gasteiger partial charge in [0, 0.05) is 5.92 Å². The Morgan fingerprint density at radius 1 is 0.889 bits per heavy atom. The van der Waals surface area contributed by atoms with E-state index in [9.17, 15) is 4.79 Å². The number of carboxylic acid groups (broad SMARTS) is 1. The Balaban J connectivity index is 2.45. The van der Waals surface area contributed by atoms with E-state index in [0.29, 0.717) is 0 Å². The molecule has 0 saturated heterocycles. The van der Waals surface area contributed by atoms with Gasteiger partial charge in [0.25, 0.3) is 0 Å². The number of hydrogen-bond acceptors (Lipinski definition) is 2. The van der Waals surface area contributed by atoms with Crippen molar-refractivity contribution in [3.05, 3.63) is 71.8 Å². The topological polar surface area (TPSA) is 63.3 Å². The summed E-state index contributed by atoms with van der Waals surface area (Å²) in [4.78, 5) is 11.2. The summed E-state index contributed by atoms with van der Waals surface area (Å²) in [6, 6.07) is 18.0. The third kappa shape index (κ3) is 2.57. The van der Waals surface area contributed by atoms with E-state index in [4.69, 9.17) is 10.8 Å². The van der Waals surface area contributed by atoms with Crippen LogP contribution in [0.2, 0.25) is 0 Å². The summed E-state index contributed by atoms with van der Waals surface area (Å²) in [5.74, 6) is -1.32. The van der Waals surface area contributed by atoms with E-state index in [1.807, 2.05) is 60.7 Å². The van der Waals surface area contributed by atoms with Crippen LogP contribution in [-0.4, -0.2) is 17.1 Å². The van der Waals surface area contributed by atoms with Gasteiger partial charge in [0.2, 0.25) is 0 Å². The van der Waals surface area contributed by atoms with Gasteiger partial charge in [-0.2, -0.15) is 0 Å². The summed E-state index contributed by atoms with van der Waals surface area (Å²) in [7, 11) is 0. The lowest BCUT2D eigenvalue weighted by Crippen LogP contribution is -2.37. The summed E-state index contributed by atoms with van der Waals surface area (Å²) < 4.78 is 0. The highest BCUT2D eigenvalue weighted by atomic mass is 16.4. The zero-order chi connectivity index (χ0) is 13.0. The third-order valence-corrected chi connectivity index (χ3v) is 2.96. The van der Waals surface area contributed by atoms with E-state index >= 15 is 0 Å². The normalized spacial score (nSPS) is 12.3. The molecule has 0 aromatic heterocycles. The van der Waals surface area contributed by atoms with E-state index in [-0.39, 0.29) is 5.92 Å². The van der Waals surface area contributed by atoms with Gasteiger partial charge in [0.15, 0.2) is 0 Å². The highest BCUT2D eigenvalue weighted by Crippen LogP contribution is 2.27. The molecule has 0 radical (unpaired) electrons. The average molecular weight is 241 g/mol. The molecule has 2 aromatic rings. The fourth-order valence-corrected chi connectivity index (χ4v) is 2.07. The molecule has 1 atom stereocenters. The Labute approximate surface area is 106 Å². The molecule has 0 saturated carbocycles. The van der Waals surface area contributed by atoms with Crippen molar-refractivity contribution in [1.82, 2.24) is 0 Å². The fourth-order valence-electron chi connectivity index (χ4n) is 2.07. The zero-order valence-corrected chi connectivity index (χ0v) is 9.86. The molecule has 2 aromatic carbocycles. The van der Waals surface area contributed by atoms with E-state index in [1.165, 1.54) is 0 Å². The number of nitrogens with two attached hydrogens (primary N) is 1. The van der Waals surface area contributed by atoms with Gasteiger partial charge in [0.1, 0.15) is 6.04 Å². The monoisotopic (exact) mass is 241 g/mol. The molecule has 3 N–H and O–H groups in total. The van der Waals surface area contributed by atoms with Crippen molar-refractivity contribution in [2.45, 2.75) is 12.0 Å². The molecular formula is C15H15NO2. The van der Waals surface area contributed by atoms with Gasteiger partial charge in [0.05, 0.1) is 0 Å². The molecule has 0 aliphatic carbocycles. The smallest absolute Gasteiger partial charge is 0.321 e. The van der Waals surface area contributed by atoms with Gasteiger partial charge < -0.3 is 10.8 Å². The SMILES string of the molecule is N[C@@H](C(=O)O)C(c1ccccc1)c1ccccc1. The summed E-state index contributed by atoms with van der Waals surface area (Å²) in [5.41, 5.74) is 7.66. The van der Waals surface area contributed by atoms with Crippen molar-refractivity contribution >= 4 is 5.97 Å². The summed E-state index contributed by atoms with van der Waals surface area (Å²) >= 11 is 0. The van der Waals surface area contributed by atoms with Crippen LogP contribution < -0.4 is 5.73 Å².